The predicted octanol–water partition coefficient (Wildman–Crippen LogP) is 2.60. The van der Waals surface area contributed by atoms with Gasteiger partial charge in [0.25, 0.3) is 0 Å². The summed E-state index contributed by atoms with van der Waals surface area (Å²) in [6, 6.07) is 0.913. The second-order valence-corrected chi connectivity index (χ2v) is 5.30. The summed E-state index contributed by atoms with van der Waals surface area (Å²) in [5.41, 5.74) is 0. The second-order valence-electron chi connectivity index (χ2n) is 5.30. The van der Waals surface area contributed by atoms with Gasteiger partial charge in [-0.3, -0.25) is 4.79 Å². The van der Waals surface area contributed by atoms with E-state index in [1.807, 2.05) is 6.92 Å². The number of hydrogen-bond acceptors (Lipinski definition) is 2. The van der Waals surface area contributed by atoms with Crippen molar-refractivity contribution < 1.29 is 4.79 Å². The monoisotopic (exact) mass is 240 g/mol. The molecule has 100 valence electrons. The lowest BCUT2D eigenvalue weighted by Gasteiger charge is -2.22. The van der Waals surface area contributed by atoms with E-state index in [2.05, 4.69) is 24.5 Å². The van der Waals surface area contributed by atoms with Gasteiger partial charge >= 0.3 is 0 Å². The topological polar surface area (TPSA) is 41.1 Å². The minimum absolute atomic E-state index is 0.0518. The molecule has 0 bridgehead atoms. The van der Waals surface area contributed by atoms with E-state index in [0.717, 1.165) is 12.8 Å². The number of nitrogens with one attached hydrogen (secondary N) is 2. The molecule has 1 saturated carbocycles. The van der Waals surface area contributed by atoms with Crippen molar-refractivity contribution in [2.24, 2.45) is 0 Å². The Hall–Kier alpha value is -0.570. The number of carbonyl (C=O) groups is 1. The molecule has 0 heterocycles. The molecule has 1 aliphatic rings. The van der Waals surface area contributed by atoms with Crippen molar-refractivity contribution in [3.8, 4) is 0 Å². The summed E-state index contributed by atoms with van der Waals surface area (Å²) in [6.45, 7) is 6.40. The van der Waals surface area contributed by atoms with Gasteiger partial charge in [-0.15, -0.1) is 0 Å². The fraction of sp³-hybridized carbons (Fsp3) is 0.929. The van der Waals surface area contributed by atoms with Gasteiger partial charge in [0.1, 0.15) is 0 Å². The van der Waals surface area contributed by atoms with E-state index in [0.29, 0.717) is 12.1 Å². The van der Waals surface area contributed by atoms with Crippen LogP contribution in [0.3, 0.4) is 0 Å². The molecule has 0 aromatic heterocycles. The Labute approximate surface area is 106 Å². The van der Waals surface area contributed by atoms with Gasteiger partial charge in [0.15, 0.2) is 0 Å². The Morgan fingerprint density at radius 3 is 2.47 bits per heavy atom. The van der Waals surface area contributed by atoms with Crippen molar-refractivity contribution in [2.75, 3.05) is 0 Å². The highest BCUT2D eigenvalue weighted by molar-refractivity contribution is 5.81. The lowest BCUT2D eigenvalue weighted by Crippen LogP contribution is -2.47. The van der Waals surface area contributed by atoms with Gasteiger partial charge in [0.2, 0.25) is 5.91 Å². The third-order valence-electron chi connectivity index (χ3n) is 3.35. The van der Waals surface area contributed by atoms with Crippen molar-refractivity contribution in [2.45, 2.75) is 83.8 Å². The molecule has 0 saturated heterocycles. The number of carbonyl (C=O) groups excluding carboxylic acids is 1. The van der Waals surface area contributed by atoms with Gasteiger partial charge in [-0.1, -0.05) is 33.1 Å². The molecule has 0 aromatic carbocycles. The van der Waals surface area contributed by atoms with Crippen molar-refractivity contribution in [1.82, 2.24) is 10.6 Å². The van der Waals surface area contributed by atoms with Crippen molar-refractivity contribution >= 4 is 5.91 Å². The molecule has 0 aliphatic heterocycles. The zero-order valence-electron chi connectivity index (χ0n) is 11.6. The minimum atomic E-state index is -0.0518. The molecule has 2 N–H and O–H groups in total. The summed E-state index contributed by atoms with van der Waals surface area (Å²) in [5.74, 6) is 0.171. The molecule has 1 fully saturated rings. The molecule has 0 radical (unpaired) electrons. The third kappa shape index (κ3) is 6.06. The van der Waals surface area contributed by atoms with Crippen LogP contribution in [0.2, 0.25) is 0 Å². The first kappa shape index (κ1) is 14.5. The fourth-order valence-corrected chi connectivity index (χ4v) is 2.09. The molecular formula is C14H28N2O. The fourth-order valence-electron chi connectivity index (χ4n) is 2.09. The maximum absolute atomic E-state index is 11.8. The highest BCUT2D eigenvalue weighted by atomic mass is 16.2. The lowest BCUT2D eigenvalue weighted by molar-refractivity contribution is -0.123. The van der Waals surface area contributed by atoms with Crippen molar-refractivity contribution in [3.63, 3.8) is 0 Å². The smallest absolute Gasteiger partial charge is 0.237 e. The van der Waals surface area contributed by atoms with Crippen LogP contribution in [0.5, 0.6) is 0 Å². The van der Waals surface area contributed by atoms with Gasteiger partial charge in [-0.2, -0.15) is 0 Å². The largest absolute Gasteiger partial charge is 0.352 e. The van der Waals surface area contributed by atoms with Crippen LogP contribution in [-0.4, -0.2) is 24.0 Å². The van der Waals surface area contributed by atoms with Crippen LogP contribution in [-0.2, 0) is 4.79 Å². The molecule has 1 aliphatic carbocycles. The van der Waals surface area contributed by atoms with Crippen molar-refractivity contribution in [3.05, 3.63) is 0 Å². The summed E-state index contributed by atoms with van der Waals surface area (Å²) in [6.07, 6.45) is 8.32. The number of amides is 1. The number of rotatable bonds is 9. The van der Waals surface area contributed by atoms with E-state index in [9.17, 15) is 4.79 Å². The van der Waals surface area contributed by atoms with E-state index >= 15 is 0 Å². The van der Waals surface area contributed by atoms with E-state index < -0.39 is 0 Å². The van der Waals surface area contributed by atoms with E-state index in [1.54, 1.807) is 0 Å². The van der Waals surface area contributed by atoms with Gasteiger partial charge in [0, 0.05) is 12.1 Å². The van der Waals surface area contributed by atoms with Gasteiger partial charge in [0.05, 0.1) is 6.04 Å². The maximum atomic E-state index is 11.8. The highest BCUT2D eigenvalue weighted by Gasteiger charge is 2.26. The molecule has 1 amide bonds. The average Bonchev–Trinajstić information content (AvgIpc) is 3.09. The zero-order chi connectivity index (χ0) is 12.7. The Balaban J connectivity index is 2.27. The summed E-state index contributed by atoms with van der Waals surface area (Å²) >= 11 is 0. The first-order valence-electron chi connectivity index (χ1n) is 7.23. The second kappa shape index (κ2) is 7.70. The third-order valence-corrected chi connectivity index (χ3v) is 3.35. The quantitative estimate of drug-likeness (QED) is 0.650. The molecule has 3 nitrogen and oxygen atoms in total. The number of hydrogen-bond donors (Lipinski definition) is 2. The summed E-state index contributed by atoms with van der Waals surface area (Å²) in [5, 5.41) is 6.53. The molecule has 2 unspecified atom stereocenters. The van der Waals surface area contributed by atoms with Crippen LogP contribution in [0.4, 0.5) is 0 Å². The Morgan fingerprint density at radius 1 is 1.24 bits per heavy atom. The van der Waals surface area contributed by atoms with E-state index in [-0.39, 0.29) is 11.9 Å². The van der Waals surface area contributed by atoms with Gasteiger partial charge in [-0.25, -0.2) is 0 Å². The first-order valence-corrected chi connectivity index (χ1v) is 7.23. The maximum Gasteiger partial charge on any atom is 0.237 e. The van der Waals surface area contributed by atoms with Crippen LogP contribution < -0.4 is 10.6 Å². The van der Waals surface area contributed by atoms with Crippen LogP contribution in [0.1, 0.15) is 65.7 Å². The normalized spacial score (nSPS) is 18.8. The van der Waals surface area contributed by atoms with E-state index in [4.69, 9.17) is 0 Å². The molecule has 0 spiro atoms. The van der Waals surface area contributed by atoms with Gasteiger partial charge in [-0.05, 0) is 32.6 Å². The lowest BCUT2D eigenvalue weighted by atomic mass is 10.0. The molecule has 1 rings (SSSR count). The highest BCUT2D eigenvalue weighted by Crippen LogP contribution is 2.18. The molecular weight excluding hydrogens is 212 g/mol. The Morgan fingerprint density at radius 2 is 1.94 bits per heavy atom. The molecule has 17 heavy (non-hydrogen) atoms. The summed E-state index contributed by atoms with van der Waals surface area (Å²) in [4.78, 5) is 11.8. The first-order chi connectivity index (χ1) is 8.17. The Bertz CT molecular complexity index is 226. The zero-order valence-corrected chi connectivity index (χ0v) is 11.6. The van der Waals surface area contributed by atoms with Crippen LogP contribution in [0.15, 0.2) is 0 Å². The molecule has 0 aromatic rings. The van der Waals surface area contributed by atoms with Crippen LogP contribution in [0, 0.1) is 0 Å². The Kier molecular flexibility index (Phi) is 6.56. The minimum Gasteiger partial charge on any atom is -0.352 e. The van der Waals surface area contributed by atoms with Crippen LogP contribution in [0.25, 0.3) is 0 Å². The standard InChI is InChI=1S/C14H28N2O/c1-4-6-8-12(7-5-2)15-11(3)14(17)16-13-9-10-13/h11-13,15H,4-10H2,1-3H3,(H,16,17). The summed E-state index contributed by atoms with van der Waals surface area (Å²) in [7, 11) is 0. The SMILES string of the molecule is CCCCC(CCC)NC(C)C(=O)NC1CC1. The van der Waals surface area contributed by atoms with Gasteiger partial charge < -0.3 is 10.6 Å². The molecule has 3 heteroatoms. The van der Waals surface area contributed by atoms with Crippen LogP contribution >= 0.6 is 0 Å². The predicted molar refractivity (Wildman–Crippen MR) is 72.0 cm³/mol. The number of unbranched alkanes of at least 4 members (excludes halogenated alkanes) is 1. The van der Waals surface area contributed by atoms with E-state index in [1.165, 1.54) is 32.1 Å². The molecule has 2 atom stereocenters. The summed E-state index contributed by atoms with van der Waals surface area (Å²) < 4.78 is 0. The average molecular weight is 240 g/mol. The van der Waals surface area contributed by atoms with Crippen molar-refractivity contribution in [1.29, 1.82) is 0 Å².